The van der Waals surface area contributed by atoms with E-state index in [-0.39, 0.29) is 44.2 Å². The molecule has 0 fully saturated rings. The molecule has 314 valence electrons. The molecule has 0 heterocycles. The van der Waals surface area contributed by atoms with Gasteiger partial charge in [0.15, 0.2) is 0 Å². The number of amides is 1. The first-order chi connectivity index (χ1) is 29.8. The van der Waals surface area contributed by atoms with Crippen molar-refractivity contribution in [1.29, 1.82) is 0 Å². The van der Waals surface area contributed by atoms with Gasteiger partial charge in [0.25, 0.3) is 5.91 Å². The second kappa shape index (κ2) is 22.9. The largest absolute Gasteiger partial charge is 0.493 e. The van der Waals surface area contributed by atoms with Gasteiger partial charge in [0, 0.05) is 12.1 Å². The fourth-order valence-corrected chi connectivity index (χ4v) is 5.84. The highest BCUT2D eigenvalue weighted by Crippen LogP contribution is 2.22. The third-order valence-electron chi connectivity index (χ3n) is 9.02. The van der Waals surface area contributed by atoms with Gasteiger partial charge in [0.2, 0.25) is 0 Å². The standard InChI is InChI=1S/C47H44N2O12/c50-45(44-26-35(12-23-43(44)46(51)52)30-61-60-29-34-10-5-2-6-11-34)48-39-15-19-41(20-16-39)55-24-7-25-56-42-21-17-40(18-22-42)49-58-31-38-27-36(13-14-37(38)32-59-54)47(53)57-28-33-8-3-1-4-9-33/h1-6,8-23,26-27,49,54H,7,24-25,28-32H2,(H,48,50)(H,51,52). The minimum atomic E-state index is -1.23. The Morgan fingerprint density at radius 3 is 1.77 bits per heavy atom. The monoisotopic (exact) mass is 828 g/mol. The molecule has 0 aromatic heterocycles. The summed E-state index contributed by atoms with van der Waals surface area (Å²) in [6, 6.07) is 42.1. The van der Waals surface area contributed by atoms with E-state index >= 15 is 0 Å². The second-order valence-electron chi connectivity index (χ2n) is 13.5. The number of carboxylic acids is 1. The van der Waals surface area contributed by atoms with Gasteiger partial charge in [0.05, 0.1) is 35.6 Å². The van der Waals surface area contributed by atoms with E-state index in [4.69, 9.17) is 34.1 Å². The van der Waals surface area contributed by atoms with Crippen molar-refractivity contribution in [3.8, 4) is 11.5 Å². The van der Waals surface area contributed by atoms with E-state index in [2.05, 4.69) is 15.7 Å². The molecule has 0 saturated carbocycles. The molecule has 6 aromatic rings. The molecule has 6 rings (SSSR count). The Morgan fingerprint density at radius 2 is 1.15 bits per heavy atom. The van der Waals surface area contributed by atoms with Crippen LogP contribution in [-0.4, -0.2) is 41.4 Å². The summed E-state index contributed by atoms with van der Waals surface area (Å²) in [6.07, 6.45) is 0.593. The Hall–Kier alpha value is -7.07. The molecule has 0 aliphatic carbocycles. The van der Waals surface area contributed by atoms with E-state index in [0.29, 0.717) is 64.8 Å². The van der Waals surface area contributed by atoms with E-state index in [0.717, 1.165) is 11.1 Å². The highest BCUT2D eigenvalue weighted by atomic mass is 17.2. The van der Waals surface area contributed by atoms with Gasteiger partial charge in [-0.3, -0.25) is 20.4 Å². The summed E-state index contributed by atoms with van der Waals surface area (Å²) in [5, 5.41) is 21.5. The number of nitrogens with one attached hydrogen (secondary N) is 2. The van der Waals surface area contributed by atoms with E-state index in [1.807, 2.05) is 60.7 Å². The first-order valence-electron chi connectivity index (χ1n) is 19.2. The van der Waals surface area contributed by atoms with Crippen LogP contribution < -0.4 is 20.3 Å². The molecule has 14 nitrogen and oxygen atoms in total. The zero-order valence-electron chi connectivity index (χ0n) is 33.0. The van der Waals surface area contributed by atoms with Crippen LogP contribution in [0.25, 0.3) is 0 Å². The Balaban J connectivity index is 0.894. The van der Waals surface area contributed by atoms with Crippen molar-refractivity contribution in [2.75, 3.05) is 24.0 Å². The highest BCUT2D eigenvalue weighted by molar-refractivity contribution is 6.10. The predicted octanol–water partition coefficient (Wildman–Crippen LogP) is 9.02. The first-order valence-corrected chi connectivity index (χ1v) is 19.2. The maximum atomic E-state index is 13.2. The number of rotatable bonds is 23. The summed E-state index contributed by atoms with van der Waals surface area (Å²) >= 11 is 0. The molecule has 0 aliphatic rings. The SMILES string of the molecule is O=C(OCc1ccccc1)c1ccc(COO)c(CONc2ccc(OCCCOc3ccc(NC(=O)c4cc(COOCc5ccccc5)ccc4C(=O)O)cc3)cc2)c1. The predicted molar refractivity (Wildman–Crippen MR) is 224 cm³/mol. The van der Waals surface area contributed by atoms with Gasteiger partial charge in [-0.05, 0) is 101 Å². The number of carboxylic acid groups (broad SMARTS) is 1. The fourth-order valence-electron chi connectivity index (χ4n) is 5.84. The topological polar surface area (TPSA) is 180 Å². The zero-order chi connectivity index (χ0) is 42.7. The lowest BCUT2D eigenvalue weighted by Gasteiger charge is -2.13. The molecule has 0 unspecified atom stereocenters. The first kappa shape index (κ1) is 43.5. The summed E-state index contributed by atoms with van der Waals surface area (Å²) in [4.78, 5) is 58.3. The van der Waals surface area contributed by atoms with E-state index in [1.54, 1.807) is 72.8 Å². The van der Waals surface area contributed by atoms with Crippen molar-refractivity contribution in [3.63, 3.8) is 0 Å². The van der Waals surface area contributed by atoms with Crippen molar-refractivity contribution in [1.82, 2.24) is 0 Å². The van der Waals surface area contributed by atoms with Gasteiger partial charge in [-0.25, -0.2) is 24.3 Å². The molecular weight excluding hydrogens is 785 g/mol. The van der Waals surface area contributed by atoms with E-state index < -0.39 is 17.8 Å². The lowest BCUT2D eigenvalue weighted by molar-refractivity contribution is -0.313. The average molecular weight is 829 g/mol. The van der Waals surface area contributed by atoms with Crippen LogP contribution in [0.1, 0.15) is 65.3 Å². The number of aromatic carboxylic acids is 1. The zero-order valence-corrected chi connectivity index (χ0v) is 33.0. The lowest BCUT2D eigenvalue weighted by atomic mass is 10.0. The molecule has 0 bridgehead atoms. The van der Waals surface area contributed by atoms with Crippen molar-refractivity contribution in [2.24, 2.45) is 0 Å². The van der Waals surface area contributed by atoms with Crippen LogP contribution in [0.4, 0.5) is 11.4 Å². The van der Waals surface area contributed by atoms with Crippen molar-refractivity contribution in [3.05, 3.63) is 190 Å². The maximum Gasteiger partial charge on any atom is 0.338 e. The summed E-state index contributed by atoms with van der Waals surface area (Å²) in [5.41, 5.74) is 7.82. The summed E-state index contributed by atoms with van der Waals surface area (Å²) in [5.74, 6) is -1.07. The third-order valence-corrected chi connectivity index (χ3v) is 9.02. The van der Waals surface area contributed by atoms with Gasteiger partial charge in [-0.15, -0.1) is 0 Å². The molecule has 0 spiro atoms. The number of benzene rings is 6. The normalized spacial score (nSPS) is 10.8. The van der Waals surface area contributed by atoms with Crippen molar-refractivity contribution >= 4 is 29.2 Å². The molecule has 0 radical (unpaired) electrons. The molecule has 14 heteroatoms. The number of esters is 1. The van der Waals surface area contributed by atoms with Gasteiger partial charge in [0.1, 0.15) is 44.5 Å². The summed E-state index contributed by atoms with van der Waals surface area (Å²) in [7, 11) is 0. The number of carbonyl (C=O) groups excluding carboxylic acids is 2. The highest BCUT2D eigenvalue weighted by Gasteiger charge is 2.18. The molecular formula is C47H44N2O12. The van der Waals surface area contributed by atoms with Gasteiger partial charge in [-0.2, -0.15) is 0 Å². The van der Waals surface area contributed by atoms with Crippen molar-refractivity contribution < 1.29 is 58.5 Å². The smallest absolute Gasteiger partial charge is 0.338 e. The van der Waals surface area contributed by atoms with Crippen LogP contribution in [0.15, 0.2) is 146 Å². The Kier molecular flexibility index (Phi) is 16.3. The Labute approximate surface area is 352 Å². The fraction of sp³-hybridized carbons (Fsp3) is 0.170. The third kappa shape index (κ3) is 13.7. The van der Waals surface area contributed by atoms with Crippen LogP contribution >= 0.6 is 0 Å². The van der Waals surface area contributed by atoms with E-state index in [9.17, 15) is 19.5 Å². The maximum absolute atomic E-state index is 13.2. The molecule has 1 amide bonds. The van der Waals surface area contributed by atoms with Crippen LogP contribution in [0.5, 0.6) is 11.5 Å². The molecule has 0 atom stereocenters. The number of carbonyl (C=O) groups is 3. The Bertz CT molecular complexity index is 2320. The summed E-state index contributed by atoms with van der Waals surface area (Å²) < 4.78 is 17.1. The molecule has 6 aromatic carbocycles. The van der Waals surface area contributed by atoms with Crippen LogP contribution in [0.2, 0.25) is 0 Å². The lowest BCUT2D eigenvalue weighted by Crippen LogP contribution is -2.17. The number of hydrogen-bond donors (Lipinski definition) is 4. The van der Waals surface area contributed by atoms with Gasteiger partial charge in [-0.1, -0.05) is 72.8 Å². The quantitative estimate of drug-likeness (QED) is 0.0208. The van der Waals surface area contributed by atoms with Crippen LogP contribution in [-0.2, 0) is 57.3 Å². The molecule has 61 heavy (non-hydrogen) atoms. The Morgan fingerprint density at radius 1 is 0.541 bits per heavy atom. The number of anilines is 2. The van der Waals surface area contributed by atoms with Crippen molar-refractivity contribution in [2.45, 2.75) is 39.5 Å². The molecule has 0 aliphatic heterocycles. The number of hydrogen-bond acceptors (Lipinski definition) is 12. The molecule has 0 saturated heterocycles. The average Bonchev–Trinajstić information content (AvgIpc) is 3.29. The van der Waals surface area contributed by atoms with Crippen LogP contribution in [0.3, 0.4) is 0 Å². The minimum absolute atomic E-state index is 0.0149. The van der Waals surface area contributed by atoms with Gasteiger partial charge >= 0.3 is 11.9 Å². The summed E-state index contributed by atoms with van der Waals surface area (Å²) in [6.45, 7) is 1.16. The second-order valence-corrected chi connectivity index (χ2v) is 13.5. The number of ether oxygens (including phenoxy) is 3. The van der Waals surface area contributed by atoms with E-state index in [1.165, 1.54) is 12.1 Å². The molecule has 4 N–H and O–H groups in total. The van der Waals surface area contributed by atoms with Gasteiger partial charge < -0.3 is 24.6 Å². The van der Waals surface area contributed by atoms with Crippen LogP contribution in [0, 0.1) is 0 Å². The minimum Gasteiger partial charge on any atom is -0.493 e.